The number of benzene rings is 1. The largest absolute Gasteiger partial charge is 0.373 e. The molecule has 0 N–H and O–H groups in total. The van der Waals surface area contributed by atoms with E-state index in [9.17, 15) is 0 Å². The molecule has 2 aromatic rings. The average molecular weight is 246 g/mol. The van der Waals surface area contributed by atoms with Crippen LogP contribution in [0.4, 0.5) is 5.69 Å². The number of hydrogen-bond acceptors (Lipinski definition) is 3. The summed E-state index contributed by atoms with van der Waals surface area (Å²) in [7, 11) is 1.97. The summed E-state index contributed by atoms with van der Waals surface area (Å²) in [5, 5.41) is 10.3. The molecule has 3 nitrogen and oxygen atoms in total. The van der Waals surface area contributed by atoms with E-state index in [1.807, 2.05) is 31.3 Å². The van der Waals surface area contributed by atoms with Crippen LogP contribution in [0.2, 0.25) is 5.02 Å². The van der Waals surface area contributed by atoms with Crippen LogP contribution in [-0.2, 0) is 0 Å². The Kier molecular flexibility index (Phi) is 3.46. The molecule has 1 heterocycles. The van der Waals surface area contributed by atoms with E-state index in [0.29, 0.717) is 18.0 Å². The molecule has 17 heavy (non-hydrogen) atoms. The molecule has 0 atom stereocenters. The van der Waals surface area contributed by atoms with Crippen LogP contribution < -0.4 is 4.90 Å². The molecule has 0 aliphatic carbocycles. The molecule has 86 valence electrons. The van der Waals surface area contributed by atoms with Crippen molar-refractivity contribution in [1.29, 1.82) is 5.26 Å². The van der Waals surface area contributed by atoms with Crippen LogP contribution in [0.1, 0.15) is 6.42 Å². The second-order valence-corrected chi connectivity index (χ2v) is 4.26. The maximum Gasteiger partial charge on any atom is 0.0737 e. The topological polar surface area (TPSA) is 39.9 Å². The molecule has 0 radical (unpaired) electrons. The molecule has 0 bridgehead atoms. The normalized spacial score (nSPS) is 10.2. The van der Waals surface area contributed by atoms with Gasteiger partial charge in [-0.05, 0) is 24.3 Å². The number of nitriles is 1. The molecule has 1 aromatic carbocycles. The van der Waals surface area contributed by atoms with Crippen LogP contribution in [-0.4, -0.2) is 18.6 Å². The SMILES string of the molecule is CN(CCC#N)c1ccnc2cc(Cl)ccc12. The number of aromatic nitrogens is 1. The fourth-order valence-electron chi connectivity index (χ4n) is 1.78. The van der Waals surface area contributed by atoms with E-state index in [-0.39, 0.29) is 0 Å². The van der Waals surface area contributed by atoms with Crippen molar-refractivity contribution in [1.82, 2.24) is 4.98 Å². The minimum Gasteiger partial charge on any atom is -0.373 e. The van der Waals surface area contributed by atoms with Crippen LogP contribution in [0, 0.1) is 11.3 Å². The van der Waals surface area contributed by atoms with Crippen LogP contribution >= 0.6 is 11.6 Å². The molecule has 0 unspecified atom stereocenters. The molecule has 0 fully saturated rings. The Bertz CT molecular complexity index is 574. The van der Waals surface area contributed by atoms with Gasteiger partial charge in [0.1, 0.15) is 0 Å². The highest BCUT2D eigenvalue weighted by atomic mass is 35.5. The van der Waals surface area contributed by atoms with E-state index in [1.165, 1.54) is 0 Å². The molecule has 1 aromatic heterocycles. The van der Waals surface area contributed by atoms with E-state index in [1.54, 1.807) is 6.20 Å². The Morgan fingerprint density at radius 3 is 3.00 bits per heavy atom. The molecule has 0 amide bonds. The van der Waals surface area contributed by atoms with Gasteiger partial charge in [-0.1, -0.05) is 11.6 Å². The van der Waals surface area contributed by atoms with Crippen LogP contribution in [0.3, 0.4) is 0 Å². The monoisotopic (exact) mass is 245 g/mol. The Morgan fingerprint density at radius 1 is 1.41 bits per heavy atom. The van der Waals surface area contributed by atoms with E-state index in [0.717, 1.165) is 16.6 Å². The maximum atomic E-state index is 8.61. The fraction of sp³-hybridized carbons (Fsp3) is 0.231. The number of rotatable bonds is 3. The van der Waals surface area contributed by atoms with Crippen LogP contribution in [0.15, 0.2) is 30.5 Å². The standard InChI is InChI=1S/C13H12ClN3/c1-17(8-2-6-15)13-5-7-16-12-9-10(14)3-4-11(12)13/h3-5,7,9H,2,8H2,1H3. The lowest BCUT2D eigenvalue weighted by atomic mass is 10.1. The zero-order chi connectivity index (χ0) is 12.3. The van der Waals surface area contributed by atoms with E-state index in [4.69, 9.17) is 16.9 Å². The van der Waals surface area contributed by atoms with Gasteiger partial charge < -0.3 is 4.90 Å². The average Bonchev–Trinajstić information content (AvgIpc) is 2.34. The van der Waals surface area contributed by atoms with Gasteiger partial charge in [0.05, 0.1) is 18.0 Å². The molecular formula is C13H12ClN3. The van der Waals surface area contributed by atoms with Gasteiger partial charge >= 0.3 is 0 Å². The maximum absolute atomic E-state index is 8.61. The van der Waals surface area contributed by atoms with Gasteiger partial charge in [0.25, 0.3) is 0 Å². The fourth-order valence-corrected chi connectivity index (χ4v) is 1.94. The molecular weight excluding hydrogens is 234 g/mol. The van der Waals surface area contributed by atoms with Gasteiger partial charge in [-0.2, -0.15) is 5.26 Å². The summed E-state index contributed by atoms with van der Waals surface area (Å²) in [6.07, 6.45) is 2.27. The summed E-state index contributed by atoms with van der Waals surface area (Å²) in [5.41, 5.74) is 1.95. The highest BCUT2D eigenvalue weighted by Gasteiger charge is 2.06. The summed E-state index contributed by atoms with van der Waals surface area (Å²) in [6, 6.07) is 9.76. The lowest BCUT2D eigenvalue weighted by Gasteiger charge is -2.19. The van der Waals surface area contributed by atoms with Crippen molar-refractivity contribution in [2.45, 2.75) is 6.42 Å². The Balaban J connectivity index is 2.44. The van der Waals surface area contributed by atoms with Crippen molar-refractivity contribution in [3.8, 4) is 6.07 Å². The molecule has 4 heteroatoms. The van der Waals surface area contributed by atoms with Gasteiger partial charge in [0, 0.05) is 35.9 Å². The van der Waals surface area contributed by atoms with Gasteiger partial charge in [-0.25, -0.2) is 0 Å². The van der Waals surface area contributed by atoms with E-state index < -0.39 is 0 Å². The number of hydrogen-bond donors (Lipinski definition) is 0. The third-order valence-electron chi connectivity index (χ3n) is 2.65. The van der Waals surface area contributed by atoms with Crippen molar-refractivity contribution in [3.05, 3.63) is 35.5 Å². The number of pyridine rings is 1. The Labute approximate surface area is 105 Å². The first kappa shape index (κ1) is 11.7. The molecule has 0 aliphatic rings. The predicted molar refractivity (Wildman–Crippen MR) is 70.3 cm³/mol. The third kappa shape index (κ3) is 2.48. The molecule has 0 spiro atoms. The van der Waals surface area contributed by atoms with Crippen molar-refractivity contribution >= 4 is 28.2 Å². The smallest absolute Gasteiger partial charge is 0.0737 e. The zero-order valence-electron chi connectivity index (χ0n) is 9.52. The predicted octanol–water partition coefficient (Wildman–Crippen LogP) is 3.24. The van der Waals surface area contributed by atoms with Crippen LogP contribution in [0.5, 0.6) is 0 Å². The van der Waals surface area contributed by atoms with Gasteiger partial charge in [0.2, 0.25) is 0 Å². The first-order valence-corrected chi connectivity index (χ1v) is 5.72. The lowest BCUT2D eigenvalue weighted by molar-refractivity contribution is 0.908. The Morgan fingerprint density at radius 2 is 2.24 bits per heavy atom. The second kappa shape index (κ2) is 5.03. The number of halogens is 1. The molecule has 0 saturated carbocycles. The van der Waals surface area contributed by atoms with Crippen LogP contribution in [0.25, 0.3) is 10.9 Å². The zero-order valence-corrected chi connectivity index (χ0v) is 10.3. The molecule has 0 saturated heterocycles. The summed E-state index contributed by atoms with van der Waals surface area (Å²) < 4.78 is 0. The van der Waals surface area contributed by atoms with Gasteiger partial charge in [-0.15, -0.1) is 0 Å². The summed E-state index contributed by atoms with van der Waals surface area (Å²) >= 11 is 5.94. The van der Waals surface area contributed by atoms with Gasteiger partial charge in [-0.3, -0.25) is 4.98 Å². The molecule has 0 aliphatic heterocycles. The van der Waals surface area contributed by atoms with E-state index >= 15 is 0 Å². The highest BCUT2D eigenvalue weighted by molar-refractivity contribution is 6.31. The second-order valence-electron chi connectivity index (χ2n) is 3.82. The number of fused-ring (bicyclic) bond motifs is 1. The van der Waals surface area contributed by atoms with Gasteiger partial charge in [0.15, 0.2) is 0 Å². The highest BCUT2D eigenvalue weighted by Crippen LogP contribution is 2.26. The van der Waals surface area contributed by atoms with Crippen molar-refractivity contribution in [2.24, 2.45) is 0 Å². The molecule has 2 rings (SSSR count). The van der Waals surface area contributed by atoms with Crippen molar-refractivity contribution < 1.29 is 0 Å². The van der Waals surface area contributed by atoms with Crippen molar-refractivity contribution in [3.63, 3.8) is 0 Å². The minimum absolute atomic E-state index is 0.508. The summed E-state index contributed by atoms with van der Waals surface area (Å²) in [6.45, 7) is 0.707. The minimum atomic E-state index is 0.508. The summed E-state index contributed by atoms with van der Waals surface area (Å²) in [4.78, 5) is 6.35. The Hall–Kier alpha value is -1.79. The number of anilines is 1. The van der Waals surface area contributed by atoms with E-state index in [2.05, 4.69) is 16.0 Å². The number of nitrogens with zero attached hydrogens (tertiary/aromatic N) is 3. The quantitative estimate of drug-likeness (QED) is 0.834. The van der Waals surface area contributed by atoms with Crippen molar-refractivity contribution in [2.75, 3.05) is 18.5 Å². The first-order chi connectivity index (χ1) is 8.22. The summed E-state index contributed by atoms with van der Waals surface area (Å²) in [5.74, 6) is 0. The third-order valence-corrected chi connectivity index (χ3v) is 2.89. The lowest BCUT2D eigenvalue weighted by Crippen LogP contribution is -2.18. The first-order valence-electron chi connectivity index (χ1n) is 5.35.